The van der Waals surface area contributed by atoms with Crippen molar-refractivity contribution in [2.24, 2.45) is 0 Å². The predicted octanol–water partition coefficient (Wildman–Crippen LogP) is 12.6. The molecule has 1 heterocycles. The van der Waals surface area contributed by atoms with Crippen LogP contribution >= 0.6 is 8.24 Å². The van der Waals surface area contributed by atoms with Gasteiger partial charge >= 0.3 is 8.24 Å². The molecule has 4 aromatic rings. The first-order valence-corrected chi connectivity index (χ1v) is 16.4. The Hall–Kier alpha value is -2.64. The van der Waals surface area contributed by atoms with Crippen LogP contribution in [0.2, 0.25) is 0 Å². The molecule has 4 rings (SSSR count). The Morgan fingerprint density at radius 1 is 0.452 bits per heavy atom. The summed E-state index contributed by atoms with van der Waals surface area (Å²) in [5.41, 5.74) is 7.56. The summed E-state index contributed by atoms with van der Waals surface area (Å²) in [6, 6.07) is 17.6. The number of hydrogen-bond acceptors (Lipinski definition) is 3. The summed E-state index contributed by atoms with van der Waals surface area (Å²) in [7, 11) is -1.79. The summed E-state index contributed by atoms with van der Waals surface area (Å²) >= 11 is 0. The molecule has 0 bridgehead atoms. The molecule has 0 aliphatic heterocycles. The van der Waals surface area contributed by atoms with Crippen molar-refractivity contribution in [2.45, 2.75) is 131 Å². The first kappa shape index (κ1) is 32.3. The van der Waals surface area contributed by atoms with Crippen LogP contribution in [0.15, 0.2) is 56.9 Å². The zero-order chi connectivity index (χ0) is 31.6. The highest BCUT2D eigenvalue weighted by Crippen LogP contribution is 2.46. The minimum absolute atomic E-state index is 0.0348. The Labute approximate surface area is 255 Å². The Kier molecular flexibility index (Phi) is 8.08. The molecule has 4 heteroatoms. The van der Waals surface area contributed by atoms with Crippen LogP contribution in [0.3, 0.4) is 0 Å². The Bertz CT molecular complexity index is 1540. The average Bonchev–Trinajstić information content (AvgIpc) is 2.96. The van der Waals surface area contributed by atoms with Gasteiger partial charge in [-0.15, -0.1) is 0 Å². The SMILES string of the molecule is CC(C)(C)c1ccc(Op2oc3c(C(C)(C)C)cc(C(C)(C)C)cc3c3cc(C(C)(C)C)cc(C(C)(C)C)c3o2)cc1. The molecule has 1 aromatic heterocycles. The summed E-state index contributed by atoms with van der Waals surface area (Å²) in [4.78, 5) is 0. The van der Waals surface area contributed by atoms with Crippen molar-refractivity contribution in [3.8, 4) is 5.75 Å². The fourth-order valence-corrected chi connectivity index (χ4v) is 6.24. The third-order valence-corrected chi connectivity index (χ3v) is 9.07. The Morgan fingerprint density at radius 3 is 1.12 bits per heavy atom. The lowest BCUT2D eigenvalue weighted by Crippen LogP contribution is -2.17. The van der Waals surface area contributed by atoms with Gasteiger partial charge in [0.05, 0.1) is 0 Å². The minimum Gasteiger partial charge on any atom is -0.391 e. The second-order valence-electron chi connectivity index (χ2n) is 17.1. The highest BCUT2D eigenvalue weighted by atomic mass is 31.1. The van der Waals surface area contributed by atoms with Crippen LogP contribution in [0, 0.1) is 0 Å². The molecule has 0 aliphatic carbocycles. The van der Waals surface area contributed by atoms with Crippen molar-refractivity contribution in [3.63, 3.8) is 0 Å². The van der Waals surface area contributed by atoms with E-state index >= 15 is 0 Å². The molecule has 42 heavy (non-hydrogen) atoms. The fourth-order valence-electron chi connectivity index (χ4n) is 5.14. The molecule has 3 aromatic carbocycles. The van der Waals surface area contributed by atoms with Crippen molar-refractivity contribution in [1.82, 2.24) is 0 Å². The molecule has 0 unspecified atom stereocenters. The van der Waals surface area contributed by atoms with Crippen LogP contribution in [0.25, 0.3) is 21.9 Å². The molecule has 0 N–H and O–H groups in total. The highest BCUT2D eigenvalue weighted by molar-refractivity contribution is 7.32. The van der Waals surface area contributed by atoms with Gasteiger partial charge in [-0.2, -0.15) is 0 Å². The Balaban J connectivity index is 2.21. The van der Waals surface area contributed by atoms with E-state index in [0.717, 1.165) is 27.7 Å². The third kappa shape index (κ3) is 6.78. The molecule has 0 spiro atoms. The van der Waals surface area contributed by atoms with Crippen LogP contribution in [0.4, 0.5) is 0 Å². The molecular formula is C38H53O3P. The summed E-state index contributed by atoms with van der Waals surface area (Å²) in [6.45, 7) is 33.9. The van der Waals surface area contributed by atoms with Gasteiger partial charge in [0, 0.05) is 21.9 Å². The number of benzene rings is 3. The summed E-state index contributed by atoms with van der Waals surface area (Å²) in [5.74, 6) is 0.742. The van der Waals surface area contributed by atoms with E-state index in [-0.39, 0.29) is 27.1 Å². The largest absolute Gasteiger partial charge is 0.453 e. The first-order valence-electron chi connectivity index (χ1n) is 15.3. The van der Waals surface area contributed by atoms with Crippen LogP contribution in [-0.2, 0) is 27.1 Å². The quantitative estimate of drug-likeness (QED) is 0.234. The zero-order valence-corrected chi connectivity index (χ0v) is 29.7. The van der Waals surface area contributed by atoms with Gasteiger partial charge < -0.3 is 12.9 Å². The average molecular weight is 589 g/mol. The van der Waals surface area contributed by atoms with Crippen molar-refractivity contribution >= 4 is 30.2 Å². The maximum Gasteiger partial charge on any atom is 0.453 e. The number of rotatable bonds is 2. The molecule has 0 radical (unpaired) electrons. The molecule has 0 atom stereocenters. The monoisotopic (exact) mass is 588 g/mol. The lowest BCUT2D eigenvalue weighted by Gasteiger charge is -2.27. The van der Waals surface area contributed by atoms with Gasteiger partial charge in [0.25, 0.3) is 0 Å². The molecule has 3 nitrogen and oxygen atoms in total. The minimum atomic E-state index is -1.79. The third-order valence-electron chi connectivity index (χ3n) is 8.05. The summed E-state index contributed by atoms with van der Waals surface area (Å²) in [5, 5.41) is 2.16. The summed E-state index contributed by atoms with van der Waals surface area (Å²) in [6.07, 6.45) is 0. The van der Waals surface area contributed by atoms with Gasteiger partial charge in [-0.1, -0.05) is 128 Å². The van der Waals surface area contributed by atoms with Gasteiger partial charge in [-0.3, -0.25) is 0 Å². The van der Waals surface area contributed by atoms with E-state index in [1.807, 2.05) is 12.1 Å². The second kappa shape index (κ2) is 10.5. The number of hydrogen-bond donors (Lipinski definition) is 0. The summed E-state index contributed by atoms with van der Waals surface area (Å²) < 4.78 is 20.3. The predicted molar refractivity (Wildman–Crippen MR) is 182 cm³/mol. The topological polar surface area (TPSA) is 35.5 Å². The van der Waals surface area contributed by atoms with Gasteiger partial charge in [0.1, 0.15) is 16.9 Å². The lowest BCUT2D eigenvalue weighted by atomic mass is 9.77. The van der Waals surface area contributed by atoms with Gasteiger partial charge in [0.2, 0.25) is 0 Å². The molecule has 228 valence electrons. The van der Waals surface area contributed by atoms with Gasteiger partial charge in [0.15, 0.2) is 0 Å². The second-order valence-corrected chi connectivity index (χ2v) is 18.1. The van der Waals surface area contributed by atoms with E-state index in [2.05, 4.69) is 140 Å². The maximum atomic E-state index is 6.88. The smallest absolute Gasteiger partial charge is 0.391 e. The molecular weight excluding hydrogens is 535 g/mol. The Morgan fingerprint density at radius 2 is 0.810 bits per heavy atom. The van der Waals surface area contributed by atoms with Crippen LogP contribution in [0.5, 0.6) is 5.75 Å². The van der Waals surface area contributed by atoms with Crippen molar-refractivity contribution in [2.75, 3.05) is 0 Å². The molecule has 0 saturated heterocycles. The van der Waals surface area contributed by atoms with Gasteiger partial charge in [-0.05, 0) is 68.0 Å². The maximum absolute atomic E-state index is 6.88. The van der Waals surface area contributed by atoms with E-state index in [0.29, 0.717) is 0 Å². The van der Waals surface area contributed by atoms with E-state index < -0.39 is 8.24 Å². The van der Waals surface area contributed by atoms with E-state index in [4.69, 9.17) is 12.9 Å². The molecule has 0 fully saturated rings. The van der Waals surface area contributed by atoms with E-state index in [9.17, 15) is 0 Å². The highest BCUT2D eigenvalue weighted by Gasteiger charge is 2.29. The van der Waals surface area contributed by atoms with E-state index in [1.54, 1.807) is 0 Å². The van der Waals surface area contributed by atoms with Crippen LogP contribution in [-0.4, -0.2) is 0 Å². The lowest BCUT2D eigenvalue weighted by molar-refractivity contribution is 0.488. The normalized spacial score (nSPS) is 13.6. The first-order chi connectivity index (χ1) is 19.0. The number of fused-ring (bicyclic) bond motifs is 3. The van der Waals surface area contributed by atoms with Crippen molar-refractivity contribution in [1.29, 1.82) is 0 Å². The van der Waals surface area contributed by atoms with Crippen molar-refractivity contribution < 1.29 is 12.9 Å². The van der Waals surface area contributed by atoms with Gasteiger partial charge in [-0.25, -0.2) is 0 Å². The van der Waals surface area contributed by atoms with Crippen LogP contribution in [0.1, 0.15) is 132 Å². The van der Waals surface area contributed by atoms with E-state index in [1.165, 1.54) is 27.8 Å². The zero-order valence-electron chi connectivity index (χ0n) is 28.8. The molecule has 0 amide bonds. The fraction of sp³-hybridized carbons (Fsp3) is 0.526. The van der Waals surface area contributed by atoms with Crippen molar-refractivity contribution in [3.05, 3.63) is 76.3 Å². The van der Waals surface area contributed by atoms with Crippen LogP contribution < -0.4 is 4.52 Å². The molecule has 0 aliphatic rings. The molecule has 0 saturated carbocycles. The standard InChI is InChI=1S/C38H53O3P/c1-34(2,3)24-16-18-27(19-17-24)39-42-40-32-28(20-25(35(4,5)6)22-30(32)37(10,11)12)29-21-26(36(7,8)9)23-31(33(29)41-42)38(13,14)15/h16-23H,1-15H3.